The predicted molar refractivity (Wildman–Crippen MR) is 106 cm³/mol. The molecule has 2 heterocycles. The molecule has 0 aliphatic carbocycles. The number of hydrogen-bond acceptors (Lipinski definition) is 4. The minimum Gasteiger partial charge on any atom is -0.497 e. The molecule has 4 rings (SSSR count). The smallest absolute Gasteiger partial charge is 0.229 e. The van der Waals surface area contributed by atoms with E-state index in [1.807, 2.05) is 53.4 Å². The second-order valence-electron chi connectivity index (χ2n) is 7.51. The average Bonchev–Trinajstić information content (AvgIpc) is 2.78. The molecule has 146 valence electrons. The van der Waals surface area contributed by atoms with E-state index in [4.69, 9.17) is 9.47 Å². The highest BCUT2D eigenvalue weighted by molar-refractivity contribution is 5.98. The summed E-state index contributed by atoms with van der Waals surface area (Å²) in [4.78, 5) is 27.6. The molecule has 0 saturated carbocycles. The second-order valence-corrected chi connectivity index (χ2v) is 7.51. The summed E-state index contributed by atoms with van der Waals surface area (Å²) in [7, 11) is 1.61. The average molecular weight is 379 g/mol. The Bertz CT molecular complexity index is 853. The third-order valence-corrected chi connectivity index (χ3v) is 5.78. The molecular formula is C23H25NO4. The van der Waals surface area contributed by atoms with Crippen molar-refractivity contribution in [3.05, 3.63) is 59.7 Å². The van der Waals surface area contributed by atoms with Gasteiger partial charge in [-0.3, -0.25) is 9.59 Å². The number of rotatable bonds is 4. The van der Waals surface area contributed by atoms with Crippen LogP contribution in [-0.2, 0) is 11.2 Å². The number of carbonyl (C=O) groups excluding carboxylic acids is 2. The molecule has 1 atom stereocenters. The van der Waals surface area contributed by atoms with Crippen LogP contribution in [0.2, 0.25) is 0 Å². The Kier molecular flexibility index (Phi) is 5.33. The van der Waals surface area contributed by atoms with Crippen LogP contribution in [0.1, 0.15) is 28.8 Å². The lowest BCUT2D eigenvalue weighted by Gasteiger charge is -2.35. The molecule has 0 bridgehead atoms. The largest absolute Gasteiger partial charge is 0.497 e. The first-order chi connectivity index (χ1) is 13.7. The van der Waals surface area contributed by atoms with Gasteiger partial charge >= 0.3 is 0 Å². The van der Waals surface area contributed by atoms with Crippen LogP contribution >= 0.6 is 0 Å². The van der Waals surface area contributed by atoms with Crippen molar-refractivity contribution in [2.75, 3.05) is 26.8 Å². The molecule has 0 N–H and O–H groups in total. The molecule has 0 radical (unpaired) electrons. The van der Waals surface area contributed by atoms with Crippen LogP contribution in [-0.4, -0.2) is 43.4 Å². The van der Waals surface area contributed by atoms with Crippen LogP contribution in [0.5, 0.6) is 11.5 Å². The van der Waals surface area contributed by atoms with Crippen molar-refractivity contribution in [1.82, 2.24) is 4.90 Å². The summed E-state index contributed by atoms with van der Waals surface area (Å²) in [6.45, 7) is 1.69. The number of nitrogens with zero attached hydrogens (tertiary/aromatic N) is 1. The van der Waals surface area contributed by atoms with E-state index in [1.165, 1.54) is 0 Å². The molecule has 0 spiro atoms. The number of ketones is 1. The number of Topliss-reactive ketones (excluding diaryl/α,β-unsaturated/α-hetero) is 1. The van der Waals surface area contributed by atoms with Crippen molar-refractivity contribution in [2.45, 2.75) is 19.3 Å². The molecule has 1 amide bonds. The van der Waals surface area contributed by atoms with Gasteiger partial charge in [0.2, 0.25) is 5.91 Å². The highest BCUT2D eigenvalue weighted by atomic mass is 16.5. The number of likely N-dealkylation sites (tertiary alicyclic amines) is 1. The first-order valence-electron chi connectivity index (χ1n) is 9.83. The topological polar surface area (TPSA) is 55.8 Å². The zero-order valence-electron chi connectivity index (χ0n) is 16.1. The van der Waals surface area contributed by atoms with Crippen LogP contribution in [0.25, 0.3) is 0 Å². The van der Waals surface area contributed by atoms with Crippen LogP contribution in [0.3, 0.4) is 0 Å². The molecule has 28 heavy (non-hydrogen) atoms. The Morgan fingerprint density at radius 2 is 1.71 bits per heavy atom. The van der Waals surface area contributed by atoms with Gasteiger partial charge in [0.1, 0.15) is 18.1 Å². The van der Waals surface area contributed by atoms with E-state index in [1.54, 1.807) is 7.11 Å². The van der Waals surface area contributed by atoms with Crippen LogP contribution in [0, 0.1) is 11.8 Å². The number of para-hydroxylation sites is 1. The molecule has 1 saturated heterocycles. The van der Waals surface area contributed by atoms with Gasteiger partial charge in [0.05, 0.1) is 13.0 Å². The molecule has 2 aromatic carbocycles. The zero-order chi connectivity index (χ0) is 19.5. The molecule has 1 fully saturated rings. The Morgan fingerprint density at radius 1 is 1.00 bits per heavy atom. The van der Waals surface area contributed by atoms with Crippen molar-refractivity contribution in [3.8, 4) is 11.5 Å². The van der Waals surface area contributed by atoms with Gasteiger partial charge in [-0.15, -0.1) is 0 Å². The van der Waals surface area contributed by atoms with Crippen molar-refractivity contribution in [2.24, 2.45) is 11.8 Å². The van der Waals surface area contributed by atoms with E-state index in [-0.39, 0.29) is 23.5 Å². The summed E-state index contributed by atoms with van der Waals surface area (Å²) in [6.07, 6.45) is 2.14. The normalized spacial score (nSPS) is 19.5. The fourth-order valence-corrected chi connectivity index (χ4v) is 4.10. The molecule has 5 nitrogen and oxygen atoms in total. The molecule has 2 aliphatic rings. The Balaban J connectivity index is 1.33. The van der Waals surface area contributed by atoms with Gasteiger partial charge in [-0.1, -0.05) is 18.2 Å². The number of benzene rings is 2. The van der Waals surface area contributed by atoms with E-state index >= 15 is 0 Å². The van der Waals surface area contributed by atoms with Gasteiger partial charge in [-0.25, -0.2) is 0 Å². The van der Waals surface area contributed by atoms with Crippen LogP contribution in [0.4, 0.5) is 0 Å². The van der Waals surface area contributed by atoms with E-state index < -0.39 is 0 Å². The molecule has 2 aromatic rings. The summed E-state index contributed by atoms with van der Waals surface area (Å²) >= 11 is 0. The number of piperidine rings is 1. The number of fused-ring (bicyclic) bond motifs is 1. The number of amides is 1. The van der Waals surface area contributed by atoms with Crippen molar-refractivity contribution in [1.29, 1.82) is 0 Å². The maximum absolute atomic E-state index is 12.9. The molecule has 0 aromatic heterocycles. The maximum atomic E-state index is 12.9. The Hall–Kier alpha value is -2.82. The Labute approximate surface area is 165 Å². The second kappa shape index (κ2) is 8.05. The monoisotopic (exact) mass is 379 g/mol. The van der Waals surface area contributed by atoms with E-state index in [0.717, 1.165) is 23.5 Å². The zero-order valence-corrected chi connectivity index (χ0v) is 16.1. The standard InChI is InChI=1S/C23H25NO4/c1-27-20-8-6-16(7-9-20)22(25)17-10-12-24(13-11-17)23(26)19-14-18-4-2-3-5-21(18)28-15-19/h2-9,17,19H,10-15H2,1H3. The first kappa shape index (κ1) is 18.5. The predicted octanol–water partition coefficient (Wildman–Crippen LogP) is 3.37. The fourth-order valence-electron chi connectivity index (χ4n) is 4.10. The van der Waals surface area contributed by atoms with Crippen LogP contribution in [0.15, 0.2) is 48.5 Å². The lowest BCUT2D eigenvalue weighted by atomic mass is 9.88. The van der Waals surface area contributed by atoms with E-state index in [2.05, 4.69) is 0 Å². The highest BCUT2D eigenvalue weighted by Crippen LogP contribution is 2.29. The molecular weight excluding hydrogens is 354 g/mol. The highest BCUT2D eigenvalue weighted by Gasteiger charge is 2.33. The van der Waals surface area contributed by atoms with E-state index in [9.17, 15) is 9.59 Å². The number of carbonyl (C=O) groups is 2. The number of ether oxygens (including phenoxy) is 2. The maximum Gasteiger partial charge on any atom is 0.229 e. The van der Waals surface area contributed by atoms with Gasteiger partial charge < -0.3 is 14.4 Å². The lowest BCUT2D eigenvalue weighted by Crippen LogP contribution is -2.45. The third kappa shape index (κ3) is 3.75. The third-order valence-electron chi connectivity index (χ3n) is 5.78. The minimum atomic E-state index is -0.135. The summed E-state index contributed by atoms with van der Waals surface area (Å²) in [5.74, 6) is 1.77. The van der Waals surface area contributed by atoms with Crippen molar-refractivity contribution < 1.29 is 19.1 Å². The number of methoxy groups -OCH3 is 1. The van der Waals surface area contributed by atoms with Gasteiger partial charge in [0.15, 0.2) is 5.78 Å². The lowest BCUT2D eigenvalue weighted by molar-refractivity contribution is -0.138. The molecule has 2 aliphatic heterocycles. The molecule has 5 heteroatoms. The first-order valence-corrected chi connectivity index (χ1v) is 9.83. The summed E-state index contributed by atoms with van der Waals surface area (Å²) < 4.78 is 10.9. The summed E-state index contributed by atoms with van der Waals surface area (Å²) in [5, 5.41) is 0. The Morgan fingerprint density at radius 3 is 2.43 bits per heavy atom. The van der Waals surface area contributed by atoms with E-state index in [0.29, 0.717) is 38.1 Å². The SMILES string of the molecule is COc1ccc(C(=O)C2CCN(C(=O)C3COc4ccccc4C3)CC2)cc1. The molecule has 1 unspecified atom stereocenters. The van der Waals surface area contributed by atoms with Gasteiger partial charge in [0, 0.05) is 24.6 Å². The quantitative estimate of drug-likeness (QED) is 0.765. The van der Waals surface area contributed by atoms with Gasteiger partial charge in [-0.2, -0.15) is 0 Å². The minimum absolute atomic E-state index is 0.0271. The number of hydrogen-bond donors (Lipinski definition) is 0. The van der Waals surface area contributed by atoms with Crippen LogP contribution < -0.4 is 9.47 Å². The summed E-state index contributed by atoms with van der Waals surface area (Å²) in [6, 6.07) is 15.2. The fraction of sp³-hybridized carbons (Fsp3) is 0.391. The van der Waals surface area contributed by atoms with Gasteiger partial charge in [-0.05, 0) is 55.2 Å². The van der Waals surface area contributed by atoms with Crippen molar-refractivity contribution in [3.63, 3.8) is 0 Å². The van der Waals surface area contributed by atoms with Gasteiger partial charge in [0.25, 0.3) is 0 Å². The van der Waals surface area contributed by atoms with Crippen molar-refractivity contribution >= 4 is 11.7 Å². The summed E-state index contributed by atoms with van der Waals surface area (Å²) in [5.41, 5.74) is 1.81.